The number of likely N-dealkylation sites (tertiary alicyclic amines) is 1. The summed E-state index contributed by atoms with van der Waals surface area (Å²) in [5.74, 6) is 0.873. The molecular weight excluding hydrogens is 414 g/mol. The molecule has 0 radical (unpaired) electrons. The molecule has 1 atom stereocenters. The standard InChI is InChI=1S/C23H27N3O2S2/c1-28-20-7-5-17(6-8-20)21(26-10-3-2-4-11-26)14-24-22(27)13-19-16-30-23(25-19)18-9-12-29-15-18/h5-9,12,15-16,21H,2-4,10-11,13-14H2,1H3,(H,24,27). The summed E-state index contributed by atoms with van der Waals surface area (Å²) in [6.07, 6.45) is 4.03. The molecule has 1 amide bonds. The van der Waals surface area contributed by atoms with Gasteiger partial charge >= 0.3 is 0 Å². The van der Waals surface area contributed by atoms with Gasteiger partial charge in [-0.25, -0.2) is 4.98 Å². The van der Waals surface area contributed by atoms with Crippen molar-refractivity contribution in [2.24, 2.45) is 0 Å². The van der Waals surface area contributed by atoms with Crippen LogP contribution in [0.15, 0.2) is 46.5 Å². The summed E-state index contributed by atoms with van der Waals surface area (Å²) in [6, 6.07) is 10.4. The van der Waals surface area contributed by atoms with Gasteiger partial charge in [-0.15, -0.1) is 11.3 Å². The Morgan fingerprint density at radius 3 is 2.67 bits per heavy atom. The molecule has 3 heterocycles. The van der Waals surface area contributed by atoms with Crippen molar-refractivity contribution < 1.29 is 9.53 Å². The van der Waals surface area contributed by atoms with Crippen molar-refractivity contribution in [2.45, 2.75) is 31.7 Å². The van der Waals surface area contributed by atoms with E-state index in [0.29, 0.717) is 13.0 Å². The summed E-state index contributed by atoms with van der Waals surface area (Å²) < 4.78 is 5.30. The van der Waals surface area contributed by atoms with Crippen molar-refractivity contribution in [3.63, 3.8) is 0 Å². The van der Waals surface area contributed by atoms with Crippen molar-refractivity contribution >= 4 is 28.6 Å². The number of carbonyl (C=O) groups excluding carboxylic acids is 1. The molecular formula is C23H27N3O2S2. The molecule has 7 heteroatoms. The lowest BCUT2D eigenvalue weighted by Crippen LogP contribution is -2.41. The SMILES string of the molecule is COc1ccc(C(CNC(=O)Cc2csc(-c3ccsc3)n2)N2CCCCC2)cc1. The molecule has 0 aliphatic carbocycles. The maximum Gasteiger partial charge on any atom is 0.226 e. The number of ether oxygens (including phenoxy) is 1. The Labute approximate surface area is 185 Å². The molecule has 30 heavy (non-hydrogen) atoms. The molecule has 1 aromatic carbocycles. The van der Waals surface area contributed by atoms with Crippen molar-refractivity contribution in [1.29, 1.82) is 0 Å². The third kappa shape index (κ3) is 5.28. The number of thiophene rings is 1. The van der Waals surface area contributed by atoms with Crippen LogP contribution in [0.2, 0.25) is 0 Å². The third-order valence-electron chi connectivity index (χ3n) is 5.49. The largest absolute Gasteiger partial charge is 0.497 e. The molecule has 2 aromatic heterocycles. The summed E-state index contributed by atoms with van der Waals surface area (Å²) >= 11 is 3.25. The summed E-state index contributed by atoms with van der Waals surface area (Å²) in [6.45, 7) is 2.75. The van der Waals surface area contributed by atoms with Crippen LogP contribution in [0.3, 0.4) is 0 Å². The van der Waals surface area contributed by atoms with E-state index >= 15 is 0 Å². The van der Waals surface area contributed by atoms with E-state index in [1.807, 2.05) is 22.9 Å². The molecule has 4 rings (SSSR count). The number of nitrogens with zero attached hydrogens (tertiary/aromatic N) is 2. The normalized spacial score (nSPS) is 15.6. The van der Waals surface area contributed by atoms with E-state index in [4.69, 9.17) is 4.74 Å². The Bertz CT molecular complexity index is 932. The number of nitrogens with one attached hydrogen (secondary N) is 1. The molecule has 0 saturated carbocycles. The topological polar surface area (TPSA) is 54.5 Å². The zero-order valence-electron chi connectivity index (χ0n) is 17.2. The van der Waals surface area contributed by atoms with Crippen LogP contribution in [0.25, 0.3) is 10.6 Å². The van der Waals surface area contributed by atoms with E-state index in [1.54, 1.807) is 29.8 Å². The summed E-state index contributed by atoms with van der Waals surface area (Å²) in [4.78, 5) is 19.8. The van der Waals surface area contributed by atoms with Crippen LogP contribution in [-0.2, 0) is 11.2 Å². The fourth-order valence-corrected chi connectivity index (χ4v) is 5.39. The van der Waals surface area contributed by atoms with Gasteiger partial charge in [0.05, 0.1) is 25.3 Å². The predicted molar refractivity (Wildman–Crippen MR) is 123 cm³/mol. The summed E-state index contributed by atoms with van der Waals surface area (Å²) in [7, 11) is 1.68. The number of benzene rings is 1. The Morgan fingerprint density at radius 1 is 1.17 bits per heavy atom. The van der Waals surface area contributed by atoms with Gasteiger partial charge in [0, 0.05) is 22.9 Å². The maximum absolute atomic E-state index is 12.6. The van der Waals surface area contributed by atoms with E-state index in [0.717, 1.165) is 35.1 Å². The average molecular weight is 442 g/mol. The summed E-state index contributed by atoms with van der Waals surface area (Å²) in [5.41, 5.74) is 3.17. The first-order chi connectivity index (χ1) is 14.7. The summed E-state index contributed by atoms with van der Waals surface area (Å²) in [5, 5.41) is 10.2. The Balaban J connectivity index is 1.39. The van der Waals surface area contributed by atoms with E-state index in [1.165, 1.54) is 24.8 Å². The predicted octanol–water partition coefficient (Wildman–Crippen LogP) is 4.77. The molecule has 1 aliphatic heterocycles. The number of carbonyl (C=O) groups is 1. The first-order valence-corrected chi connectivity index (χ1v) is 12.2. The first-order valence-electron chi connectivity index (χ1n) is 10.3. The smallest absolute Gasteiger partial charge is 0.226 e. The lowest BCUT2D eigenvalue weighted by Gasteiger charge is -2.35. The van der Waals surface area contributed by atoms with E-state index in [-0.39, 0.29) is 11.9 Å². The highest BCUT2D eigenvalue weighted by molar-refractivity contribution is 7.14. The second kappa shape index (κ2) is 10.2. The van der Waals surface area contributed by atoms with Crippen LogP contribution < -0.4 is 10.1 Å². The minimum absolute atomic E-state index is 0.0210. The number of piperidine rings is 1. The van der Waals surface area contributed by atoms with Crippen LogP contribution in [-0.4, -0.2) is 42.5 Å². The van der Waals surface area contributed by atoms with E-state index < -0.39 is 0 Å². The number of methoxy groups -OCH3 is 1. The molecule has 1 N–H and O–H groups in total. The molecule has 1 aliphatic rings. The Kier molecular flexibility index (Phi) is 7.15. The highest BCUT2D eigenvalue weighted by atomic mass is 32.1. The Hall–Kier alpha value is -2.22. The molecule has 5 nitrogen and oxygen atoms in total. The van der Waals surface area contributed by atoms with E-state index in [2.05, 4.69) is 38.8 Å². The minimum atomic E-state index is 0.0210. The highest BCUT2D eigenvalue weighted by Crippen LogP contribution is 2.27. The molecule has 158 valence electrons. The second-order valence-electron chi connectivity index (χ2n) is 7.52. The van der Waals surface area contributed by atoms with Crippen molar-refractivity contribution in [2.75, 3.05) is 26.7 Å². The zero-order valence-corrected chi connectivity index (χ0v) is 18.8. The number of aromatic nitrogens is 1. The first kappa shape index (κ1) is 21.0. The lowest BCUT2D eigenvalue weighted by molar-refractivity contribution is -0.120. The van der Waals surface area contributed by atoms with Crippen LogP contribution in [0.1, 0.15) is 36.6 Å². The third-order valence-corrected chi connectivity index (χ3v) is 7.11. The van der Waals surface area contributed by atoms with Crippen LogP contribution in [0.4, 0.5) is 0 Å². The van der Waals surface area contributed by atoms with Crippen LogP contribution in [0, 0.1) is 0 Å². The number of thiazole rings is 1. The number of hydrogen-bond acceptors (Lipinski definition) is 6. The van der Waals surface area contributed by atoms with Gasteiger partial charge in [-0.2, -0.15) is 11.3 Å². The van der Waals surface area contributed by atoms with Crippen molar-refractivity contribution in [3.8, 4) is 16.3 Å². The Morgan fingerprint density at radius 2 is 1.97 bits per heavy atom. The van der Waals surface area contributed by atoms with Gasteiger partial charge in [0.25, 0.3) is 0 Å². The van der Waals surface area contributed by atoms with Gasteiger partial charge in [0.15, 0.2) is 0 Å². The van der Waals surface area contributed by atoms with Crippen LogP contribution in [0.5, 0.6) is 5.75 Å². The molecule has 1 unspecified atom stereocenters. The van der Waals surface area contributed by atoms with Gasteiger partial charge in [-0.1, -0.05) is 18.6 Å². The van der Waals surface area contributed by atoms with Crippen molar-refractivity contribution in [1.82, 2.24) is 15.2 Å². The highest BCUT2D eigenvalue weighted by Gasteiger charge is 2.23. The second-order valence-corrected chi connectivity index (χ2v) is 9.16. The van der Waals surface area contributed by atoms with Gasteiger partial charge in [-0.3, -0.25) is 9.69 Å². The molecule has 0 spiro atoms. The molecule has 1 fully saturated rings. The quantitative estimate of drug-likeness (QED) is 0.547. The lowest BCUT2D eigenvalue weighted by atomic mass is 10.0. The maximum atomic E-state index is 12.6. The molecule has 3 aromatic rings. The van der Waals surface area contributed by atoms with Gasteiger partial charge in [-0.05, 0) is 55.1 Å². The molecule has 0 bridgehead atoms. The number of amides is 1. The monoisotopic (exact) mass is 441 g/mol. The fraction of sp³-hybridized carbons (Fsp3) is 0.391. The average Bonchev–Trinajstić information content (AvgIpc) is 3.47. The van der Waals surface area contributed by atoms with Gasteiger partial charge in [0.2, 0.25) is 5.91 Å². The van der Waals surface area contributed by atoms with Crippen LogP contribution >= 0.6 is 22.7 Å². The minimum Gasteiger partial charge on any atom is -0.497 e. The number of hydrogen-bond donors (Lipinski definition) is 1. The molecule has 1 saturated heterocycles. The fourth-order valence-electron chi connectivity index (χ4n) is 3.86. The van der Waals surface area contributed by atoms with E-state index in [9.17, 15) is 4.79 Å². The van der Waals surface area contributed by atoms with Crippen molar-refractivity contribution in [3.05, 3.63) is 57.7 Å². The van der Waals surface area contributed by atoms with Gasteiger partial charge in [0.1, 0.15) is 10.8 Å². The van der Waals surface area contributed by atoms with Gasteiger partial charge < -0.3 is 10.1 Å². The zero-order chi connectivity index (χ0) is 20.8. The number of rotatable bonds is 8.